The van der Waals surface area contributed by atoms with Gasteiger partial charge in [0, 0.05) is 67.6 Å². The second kappa shape index (κ2) is 9.99. The van der Waals surface area contributed by atoms with Crippen molar-refractivity contribution in [3.63, 3.8) is 0 Å². The molecule has 6 aromatic rings. The molecule has 6 nitrogen and oxygen atoms in total. The van der Waals surface area contributed by atoms with E-state index >= 15 is 0 Å². The topological polar surface area (TPSA) is 92.0 Å². The Hall–Kier alpha value is -3.30. The Labute approximate surface area is 215 Å². The number of benzene rings is 2. The predicted molar refractivity (Wildman–Crippen MR) is 148 cm³/mol. The van der Waals surface area contributed by atoms with E-state index in [1.807, 2.05) is 48.5 Å². The van der Waals surface area contributed by atoms with E-state index in [1.165, 1.54) is 23.5 Å². The first-order valence-corrected chi connectivity index (χ1v) is 13.5. The molecule has 0 radical (unpaired) electrons. The molecule has 0 aliphatic heterocycles. The molecule has 36 heavy (non-hydrogen) atoms. The summed E-state index contributed by atoms with van der Waals surface area (Å²) in [5.74, 6) is 0.725. The summed E-state index contributed by atoms with van der Waals surface area (Å²) < 4.78 is 0. The summed E-state index contributed by atoms with van der Waals surface area (Å²) >= 11 is 3.04. The van der Waals surface area contributed by atoms with Gasteiger partial charge in [-0.1, -0.05) is 24.3 Å². The average Bonchev–Trinajstić information content (AvgIpc) is 2.94. The minimum absolute atomic E-state index is 0.363. The van der Waals surface area contributed by atoms with Crippen LogP contribution in [0.15, 0.2) is 95.2 Å². The number of aromatic nitrogens is 4. The molecule has 0 aliphatic rings. The molecule has 8 heteroatoms. The summed E-state index contributed by atoms with van der Waals surface area (Å²) in [6.07, 6.45) is 5.31. The minimum Gasteiger partial charge on any atom is -0.390 e. The second-order valence-corrected chi connectivity index (χ2v) is 10.6. The van der Waals surface area contributed by atoms with Crippen LogP contribution in [0.4, 0.5) is 0 Å². The molecule has 2 N–H and O–H groups in total. The quantitative estimate of drug-likeness (QED) is 0.215. The van der Waals surface area contributed by atoms with Crippen molar-refractivity contribution in [2.45, 2.75) is 22.0 Å². The number of nitrogens with zero attached hydrogens (tertiary/aromatic N) is 4. The first kappa shape index (κ1) is 23.1. The van der Waals surface area contributed by atoms with Gasteiger partial charge in [-0.05, 0) is 36.4 Å². The number of pyridine rings is 4. The number of hydrogen-bond donors (Lipinski definition) is 2. The number of aliphatic hydroxyl groups is 2. The molecular formula is C28H22N4O2S2. The first-order chi connectivity index (χ1) is 17.7. The van der Waals surface area contributed by atoms with Gasteiger partial charge in [0.1, 0.15) is 0 Å². The van der Waals surface area contributed by atoms with Crippen LogP contribution < -0.4 is 0 Å². The predicted octanol–water partition coefficient (Wildman–Crippen LogP) is 5.49. The Morgan fingerprint density at radius 1 is 0.556 bits per heavy atom. The summed E-state index contributed by atoms with van der Waals surface area (Å²) in [4.78, 5) is 20.1. The second-order valence-electron chi connectivity index (χ2n) is 8.46. The van der Waals surface area contributed by atoms with E-state index in [0.717, 1.165) is 53.4 Å². The maximum Gasteiger partial charge on any atom is 0.0975 e. The third-order valence-electron chi connectivity index (χ3n) is 6.11. The highest BCUT2D eigenvalue weighted by molar-refractivity contribution is 8.00. The van der Waals surface area contributed by atoms with Crippen LogP contribution in [0.5, 0.6) is 0 Å². The van der Waals surface area contributed by atoms with Gasteiger partial charge in [0.25, 0.3) is 0 Å². The Balaban J connectivity index is 1.19. The molecule has 2 unspecified atom stereocenters. The van der Waals surface area contributed by atoms with Crippen molar-refractivity contribution < 1.29 is 10.2 Å². The van der Waals surface area contributed by atoms with E-state index < -0.39 is 12.2 Å². The van der Waals surface area contributed by atoms with Crippen molar-refractivity contribution in [2.75, 3.05) is 11.5 Å². The SMILES string of the molecule is OC(CSc1cc2cccnc2c2ncccc12)C(O)CSc1cc2cccnc2c2ncccc12. The van der Waals surface area contributed by atoms with Gasteiger partial charge in [-0.3, -0.25) is 19.9 Å². The maximum absolute atomic E-state index is 10.8. The van der Waals surface area contributed by atoms with Crippen LogP contribution in [0.25, 0.3) is 43.6 Å². The molecule has 4 aromatic heterocycles. The molecular weight excluding hydrogens is 488 g/mol. The van der Waals surface area contributed by atoms with Crippen molar-refractivity contribution in [3.05, 3.63) is 85.5 Å². The van der Waals surface area contributed by atoms with Gasteiger partial charge in [0.05, 0.1) is 34.3 Å². The molecule has 4 heterocycles. The van der Waals surface area contributed by atoms with Crippen molar-refractivity contribution in [3.8, 4) is 0 Å². The summed E-state index contributed by atoms with van der Waals surface area (Å²) in [5, 5.41) is 25.6. The number of fused-ring (bicyclic) bond motifs is 6. The number of hydrogen-bond acceptors (Lipinski definition) is 8. The van der Waals surface area contributed by atoms with Gasteiger partial charge >= 0.3 is 0 Å². The first-order valence-electron chi connectivity index (χ1n) is 11.6. The van der Waals surface area contributed by atoms with Crippen LogP contribution in [0, 0.1) is 0 Å². The van der Waals surface area contributed by atoms with Gasteiger partial charge in [-0.15, -0.1) is 23.5 Å². The van der Waals surface area contributed by atoms with Crippen LogP contribution in [0.3, 0.4) is 0 Å². The molecule has 0 saturated carbocycles. The van der Waals surface area contributed by atoms with E-state index in [2.05, 4.69) is 32.1 Å². The molecule has 6 rings (SSSR count). The number of aliphatic hydroxyl groups excluding tert-OH is 2. The largest absolute Gasteiger partial charge is 0.390 e. The molecule has 178 valence electrons. The number of rotatable bonds is 7. The van der Waals surface area contributed by atoms with Crippen LogP contribution in [-0.2, 0) is 0 Å². The Bertz CT molecular complexity index is 1590. The van der Waals surface area contributed by atoms with E-state index in [9.17, 15) is 10.2 Å². The molecule has 0 bridgehead atoms. The Morgan fingerprint density at radius 2 is 0.944 bits per heavy atom. The zero-order chi connectivity index (χ0) is 24.5. The monoisotopic (exact) mass is 510 g/mol. The standard InChI is InChI=1S/C28H22N4O2S2/c33-21(15-35-23-13-17-5-1-9-29-25(17)27-19(23)7-3-11-31-27)22(34)16-36-24-14-18-6-2-10-30-26(18)28-20(24)8-4-12-32-28/h1-14,21-22,33-34H,15-16H2. The summed E-state index contributed by atoms with van der Waals surface area (Å²) in [7, 11) is 0. The summed E-state index contributed by atoms with van der Waals surface area (Å²) in [5.41, 5.74) is 3.41. The molecule has 2 aromatic carbocycles. The van der Waals surface area contributed by atoms with E-state index in [0.29, 0.717) is 11.5 Å². The molecule has 0 spiro atoms. The Kier molecular flexibility index (Phi) is 6.41. The van der Waals surface area contributed by atoms with Gasteiger partial charge < -0.3 is 10.2 Å². The van der Waals surface area contributed by atoms with Crippen LogP contribution in [-0.4, -0.2) is 53.9 Å². The fourth-order valence-corrected chi connectivity index (χ4v) is 6.51. The maximum atomic E-state index is 10.8. The third-order valence-corrected chi connectivity index (χ3v) is 8.42. The minimum atomic E-state index is -0.884. The number of thioether (sulfide) groups is 2. The van der Waals surface area contributed by atoms with Gasteiger partial charge in [0.15, 0.2) is 0 Å². The lowest BCUT2D eigenvalue weighted by atomic mass is 10.1. The van der Waals surface area contributed by atoms with Gasteiger partial charge in [-0.25, -0.2) is 0 Å². The summed E-state index contributed by atoms with van der Waals surface area (Å²) in [6.45, 7) is 0. The van der Waals surface area contributed by atoms with E-state index in [1.54, 1.807) is 24.8 Å². The average molecular weight is 511 g/mol. The normalized spacial score (nSPS) is 13.5. The lowest BCUT2D eigenvalue weighted by molar-refractivity contribution is 0.0500. The highest BCUT2D eigenvalue weighted by Crippen LogP contribution is 2.35. The lowest BCUT2D eigenvalue weighted by Crippen LogP contribution is -2.30. The highest BCUT2D eigenvalue weighted by atomic mass is 32.2. The molecule has 2 atom stereocenters. The van der Waals surface area contributed by atoms with E-state index in [-0.39, 0.29) is 0 Å². The van der Waals surface area contributed by atoms with E-state index in [4.69, 9.17) is 0 Å². The van der Waals surface area contributed by atoms with Crippen molar-refractivity contribution in [2.24, 2.45) is 0 Å². The van der Waals surface area contributed by atoms with Crippen LogP contribution in [0.1, 0.15) is 0 Å². The molecule has 0 saturated heterocycles. The van der Waals surface area contributed by atoms with Gasteiger partial charge in [-0.2, -0.15) is 0 Å². The summed E-state index contributed by atoms with van der Waals surface area (Å²) in [6, 6.07) is 19.8. The fraction of sp³-hybridized carbons (Fsp3) is 0.143. The van der Waals surface area contributed by atoms with Crippen LogP contribution in [0.2, 0.25) is 0 Å². The van der Waals surface area contributed by atoms with Crippen molar-refractivity contribution in [1.29, 1.82) is 0 Å². The van der Waals surface area contributed by atoms with Crippen molar-refractivity contribution in [1.82, 2.24) is 19.9 Å². The van der Waals surface area contributed by atoms with Crippen LogP contribution >= 0.6 is 23.5 Å². The third kappa shape index (κ3) is 4.37. The Morgan fingerprint density at radius 3 is 1.39 bits per heavy atom. The zero-order valence-corrected chi connectivity index (χ0v) is 20.8. The fourth-order valence-electron chi connectivity index (χ4n) is 4.30. The molecule has 0 fully saturated rings. The molecule has 0 amide bonds. The lowest BCUT2D eigenvalue weighted by Gasteiger charge is -2.18. The molecule has 0 aliphatic carbocycles. The highest BCUT2D eigenvalue weighted by Gasteiger charge is 2.19. The smallest absolute Gasteiger partial charge is 0.0975 e. The zero-order valence-electron chi connectivity index (χ0n) is 19.2. The van der Waals surface area contributed by atoms with Crippen molar-refractivity contribution >= 4 is 67.1 Å². The van der Waals surface area contributed by atoms with Gasteiger partial charge in [0.2, 0.25) is 0 Å².